The van der Waals surface area contributed by atoms with Gasteiger partial charge in [-0.3, -0.25) is 9.59 Å². The molecular formula is C19H20F4N2O2. The van der Waals surface area contributed by atoms with Crippen LogP contribution in [0, 0.1) is 23.1 Å². The molecule has 2 amide bonds. The molecule has 5 rings (SSSR count). The molecule has 8 heteroatoms. The Hall–Kier alpha value is -2.12. The van der Waals surface area contributed by atoms with Crippen LogP contribution in [0.4, 0.5) is 17.6 Å². The molecule has 3 N–H and O–H groups in total. The molecule has 4 aliphatic rings. The molecule has 0 heterocycles. The van der Waals surface area contributed by atoms with E-state index in [0.29, 0.717) is 50.3 Å². The Labute approximate surface area is 153 Å². The number of primary amides is 1. The molecule has 4 saturated carbocycles. The Kier molecular flexibility index (Phi) is 3.85. The van der Waals surface area contributed by atoms with E-state index in [1.807, 2.05) is 0 Å². The Morgan fingerprint density at radius 1 is 1.11 bits per heavy atom. The van der Waals surface area contributed by atoms with Crippen molar-refractivity contribution in [2.75, 3.05) is 0 Å². The molecule has 4 bridgehead atoms. The number of carbonyl (C=O) groups excluding carboxylic acids is 2. The number of benzene rings is 1. The third kappa shape index (κ3) is 2.99. The summed E-state index contributed by atoms with van der Waals surface area (Å²) < 4.78 is 52.8. The Bertz CT molecular complexity index is 806. The summed E-state index contributed by atoms with van der Waals surface area (Å²) in [5, 5.41) is 2.79. The Morgan fingerprint density at radius 2 is 1.74 bits per heavy atom. The molecule has 2 atom stereocenters. The molecule has 27 heavy (non-hydrogen) atoms. The van der Waals surface area contributed by atoms with E-state index in [-0.39, 0.29) is 17.7 Å². The second-order valence-electron chi connectivity index (χ2n) is 8.53. The van der Waals surface area contributed by atoms with E-state index < -0.39 is 40.0 Å². The minimum Gasteiger partial charge on any atom is -0.369 e. The van der Waals surface area contributed by atoms with E-state index in [9.17, 15) is 27.2 Å². The van der Waals surface area contributed by atoms with E-state index in [2.05, 4.69) is 5.32 Å². The highest BCUT2D eigenvalue weighted by Crippen LogP contribution is 2.61. The first-order chi connectivity index (χ1) is 12.5. The highest BCUT2D eigenvalue weighted by molar-refractivity contribution is 5.95. The number of hydrogen-bond acceptors (Lipinski definition) is 2. The van der Waals surface area contributed by atoms with Gasteiger partial charge in [-0.05, 0) is 68.6 Å². The van der Waals surface area contributed by atoms with E-state index in [0.717, 1.165) is 6.42 Å². The van der Waals surface area contributed by atoms with Crippen LogP contribution in [0.1, 0.15) is 54.4 Å². The summed E-state index contributed by atoms with van der Waals surface area (Å²) in [5.74, 6) is -1.79. The molecule has 4 nitrogen and oxygen atoms in total. The quantitative estimate of drug-likeness (QED) is 0.784. The van der Waals surface area contributed by atoms with Crippen molar-refractivity contribution in [1.29, 1.82) is 0 Å². The van der Waals surface area contributed by atoms with Crippen molar-refractivity contribution in [2.24, 2.45) is 23.0 Å². The molecule has 0 radical (unpaired) electrons. The van der Waals surface area contributed by atoms with Crippen LogP contribution < -0.4 is 11.1 Å². The van der Waals surface area contributed by atoms with Gasteiger partial charge >= 0.3 is 6.18 Å². The molecule has 1 aromatic carbocycles. The number of halogens is 4. The van der Waals surface area contributed by atoms with Gasteiger partial charge in [-0.25, -0.2) is 4.39 Å². The molecule has 146 valence electrons. The van der Waals surface area contributed by atoms with Crippen LogP contribution in [-0.2, 0) is 11.0 Å². The minimum absolute atomic E-state index is 0.241. The lowest BCUT2D eigenvalue weighted by molar-refractivity contribution is -0.146. The zero-order valence-electron chi connectivity index (χ0n) is 14.5. The number of rotatable bonds is 3. The van der Waals surface area contributed by atoms with E-state index in [4.69, 9.17) is 5.73 Å². The molecule has 1 aromatic rings. The zero-order chi connectivity index (χ0) is 19.6. The first-order valence-electron chi connectivity index (χ1n) is 9.01. The lowest BCUT2D eigenvalue weighted by Crippen LogP contribution is -2.65. The van der Waals surface area contributed by atoms with Crippen molar-refractivity contribution < 1.29 is 27.2 Å². The topological polar surface area (TPSA) is 72.2 Å². The molecular weight excluding hydrogens is 364 g/mol. The SMILES string of the molecule is NC(=O)C12CC3CC(CC(NC(=O)c4cc(C(F)(F)F)ccc4F)(C3)C1)C2. The first-order valence-corrected chi connectivity index (χ1v) is 9.01. The monoisotopic (exact) mass is 384 g/mol. The molecule has 0 aromatic heterocycles. The normalized spacial score (nSPS) is 34.5. The fourth-order valence-electron chi connectivity index (χ4n) is 5.88. The van der Waals surface area contributed by atoms with Gasteiger partial charge in [0.15, 0.2) is 0 Å². The van der Waals surface area contributed by atoms with Crippen LogP contribution >= 0.6 is 0 Å². The van der Waals surface area contributed by atoms with E-state index in [1.165, 1.54) is 0 Å². The fourth-order valence-corrected chi connectivity index (χ4v) is 5.88. The number of amides is 2. The number of carbonyl (C=O) groups is 2. The van der Waals surface area contributed by atoms with Gasteiger partial charge in [-0.2, -0.15) is 13.2 Å². The van der Waals surface area contributed by atoms with Crippen LogP contribution in [0.2, 0.25) is 0 Å². The molecule has 4 aliphatic carbocycles. The molecule has 4 fully saturated rings. The number of nitrogens with two attached hydrogens (primary N) is 1. The largest absolute Gasteiger partial charge is 0.416 e. The summed E-state index contributed by atoms with van der Waals surface area (Å²) >= 11 is 0. The van der Waals surface area contributed by atoms with Crippen molar-refractivity contribution in [3.63, 3.8) is 0 Å². The summed E-state index contributed by atoms with van der Waals surface area (Å²) in [7, 11) is 0. The van der Waals surface area contributed by atoms with Gasteiger partial charge in [0.05, 0.1) is 16.5 Å². The molecule has 0 aliphatic heterocycles. The maximum absolute atomic E-state index is 14.1. The minimum atomic E-state index is -4.67. The zero-order valence-corrected chi connectivity index (χ0v) is 14.5. The average molecular weight is 384 g/mol. The predicted molar refractivity (Wildman–Crippen MR) is 87.9 cm³/mol. The first kappa shape index (κ1) is 18.3. The summed E-state index contributed by atoms with van der Waals surface area (Å²) in [5.41, 5.74) is 2.55. The highest BCUT2D eigenvalue weighted by atomic mass is 19.4. The molecule has 0 spiro atoms. The van der Waals surface area contributed by atoms with Gasteiger partial charge in [0, 0.05) is 5.54 Å². The fraction of sp³-hybridized carbons (Fsp3) is 0.579. The van der Waals surface area contributed by atoms with Crippen molar-refractivity contribution in [1.82, 2.24) is 5.32 Å². The molecule has 0 saturated heterocycles. The maximum atomic E-state index is 14.1. The summed E-state index contributed by atoms with van der Waals surface area (Å²) in [6, 6.07) is 1.80. The van der Waals surface area contributed by atoms with Gasteiger partial charge in [0.25, 0.3) is 5.91 Å². The van der Waals surface area contributed by atoms with Gasteiger partial charge in [-0.1, -0.05) is 0 Å². The van der Waals surface area contributed by atoms with E-state index in [1.54, 1.807) is 0 Å². The maximum Gasteiger partial charge on any atom is 0.416 e. The van der Waals surface area contributed by atoms with Gasteiger partial charge in [0.1, 0.15) is 5.82 Å². The van der Waals surface area contributed by atoms with Crippen LogP contribution in [0.25, 0.3) is 0 Å². The third-order valence-corrected chi connectivity index (χ3v) is 6.50. The lowest BCUT2D eigenvalue weighted by Gasteiger charge is -2.61. The number of alkyl halides is 3. The van der Waals surface area contributed by atoms with Crippen molar-refractivity contribution in [3.05, 3.63) is 35.1 Å². The predicted octanol–water partition coefficient (Wildman–Crippen LogP) is 3.40. The Morgan fingerprint density at radius 3 is 2.30 bits per heavy atom. The number of nitrogens with one attached hydrogen (secondary N) is 1. The van der Waals surface area contributed by atoms with Gasteiger partial charge in [0.2, 0.25) is 5.91 Å². The van der Waals surface area contributed by atoms with Crippen LogP contribution in [0.3, 0.4) is 0 Å². The average Bonchev–Trinajstić information content (AvgIpc) is 2.52. The number of hydrogen-bond donors (Lipinski definition) is 2. The second kappa shape index (κ2) is 5.69. The van der Waals surface area contributed by atoms with Crippen molar-refractivity contribution >= 4 is 11.8 Å². The van der Waals surface area contributed by atoms with Crippen LogP contribution in [0.15, 0.2) is 18.2 Å². The smallest absolute Gasteiger partial charge is 0.369 e. The summed E-state index contributed by atoms with van der Waals surface area (Å²) in [6.07, 6.45) is -0.670. The van der Waals surface area contributed by atoms with Gasteiger partial charge < -0.3 is 11.1 Å². The van der Waals surface area contributed by atoms with Crippen molar-refractivity contribution in [3.8, 4) is 0 Å². The highest BCUT2D eigenvalue weighted by Gasteiger charge is 2.60. The van der Waals surface area contributed by atoms with Crippen LogP contribution in [0.5, 0.6) is 0 Å². The van der Waals surface area contributed by atoms with Crippen molar-refractivity contribution in [2.45, 2.75) is 50.2 Å². The summed E-state index contributed by atoms with van der Waals surface area (Å²) in [6.45, 7) is 0. The second-order valence-corrected chi connectivity index (χ2v) is 8.53. The summed E-state index contributed by atoms with van der Waals surface area (Å²) in [4.78, 5) is 24.8. The third-order valence-electron chi connectivity index (χ3n) is 6.50. The van der Waals surface area contributed by atoms with Crippen LogP contribution in [-0.4, -0.2) is 17.4 Å². The van der Waals surface area contributed by atoms with E-state index >= 15 is 0 Å². The van der Waals surface area contributed by atoms with Gasteiger partial charge in [-0.15, -0.1) is 0 Å². The standard InChI is InChI=1S/C19H20F4N2O2/c20-14-2-1-12(19(21,22)23)4-13(14)15(26)25-18-7-10-3-11(8-18)6-17(5-10,9-18)16(24)27/h1-2,4,10-11H,3,5-9H2,(H2,24,27)(H,25,26). The Balaban J connectivity index is 1.63. The molecule has 2 unspecified atom stereocenters. The lowest BCUT2D eigenvalue weighted by atomic mass is 9.46.